The largest absolute Gasteiger partial charge is 0.418 e. The molecule has 0 bridgehead atoms. The molecule has 2 aromatic carbocycles. The number of para-hydroxylation sites is 2. The number of aryl methyl sites for hydroxylation is 1. The van der Waals surface area contributed by atoms with Crippen LogP contribution in [0.4, 0.5) is 32.0 Å². The second kappa shape index (κ2) is 7.65. The van der Waals surface area contributed by atoms with Gasteiger partial charge in [-0.25, -0.2) is 4.98 Å². The van der Waals surface area contributed by atoms with E-state index in [0.29, 0.717) is 36.6 Å². The number of imidazole rings is 1. The summed E-state index contributed by atoms with van der Waals surface area (Å²) in [5.74, 6) is 1.75. The Labute approximate surface area is 186 Å². The summed E-state index contributed by atoms with van der Waals surface area (Å²) in [4.78, 5) is 6.96. The topological polar surface area (TPSA) is 33.1 Å². The average molecular weight is 468 g/mol. The number of nitrogens with one attached hydrogen (secondary N) is 1. The van der Waals surface area contributed by atoms with Crippen LogP contribution in [0.3, 0.4) is 0 Å². The highest BCUT2D eigenvalue weighted by atomic mass is 19.4. The number of piperidine rings is 1. The van der Waals surface area contributed by atoms with Gasteiger partial charge >= 0.3 is 12.4 Å². The Balaban J connectivity index is 1.21. The van der Waals surface area contributed by atoms with E-state index in [1.165, 1.54) is 0 Å². The number of nitrogens with zero attached hydrogens (tertiary/aromatic N) is 3. The third kappa shape index (κ3) is 4.16. The zero-order chi connectivity index (χ0) is 23.5. The molecule has 4 nitrogen and oxygen atoms in total. The third-order valence-electron chi connectivity index (χ3n) is 6.87. The quantitative estimate of drug-likeness (QED) is 0.509. The first-order valence-electron chi connectivity index (χ1n) is 10.7. The zero-order valence-electron chi connectivity index (χ0n) is 17.7. The molecule has 0 radical (unpaired) electrons. The summed E-state index contributed by atoms with van der Waals surface area (Å²) in [6.07, 6.45) is -9.43. The minimum Gasteiger partial charge on any atom is -0.384 e. The molecule has 33 heavy (non-hydrogen) atoms. The first-order valence-corrected chi connectivity index (χ1v) is 10.7. The second-order valence-corrected chi connectivity index (χ2v) is 8.90. The van der Waals surface area contributed by atoms with Crippen molar-refractivity contribution in [2.24, 2.45) is 24.8 Å². The molecule has 2 heterocycles. The van der Waals surface area contributed by atoms with Gasteiger partial charge in [0.05, 0.1) is 28.7 Å². The van der Waals surface area contributed by atoms with Gasteiger partial charge in [0.15, 0.2) is 0 Å². The number of aromatic nitrogens is 2. The number of fused-ring (bicyclic) bond motifs is 2. The van der Waals surface area contributed by atoms with Crippen molar-refractivity contribution < 1.29 is 26.3 Å². The third-order valence-corrected chi connectivity index (χ3v) is 6.87. The van der Waals surface area contributed by atoms with Crippen molar-refractivity contribution in [1.82, 2.24) is 14.5 Å². The van der Waals surface area contributed by atoms with Gasteiger partial charge in [0.1, 0.15) is 5.82 Å². The predicted molar refractivity (Wildman–Crippen MR) is 111 cm³/mol. The number of halogens is 6. The summed E-state index contributed by atoms with van der Waals surface area (Å²) < 4.78 is 80.9. The molecule has 0 amide bonds. The molecule has 0 spiro atoms. The lowest BCUT2D eigenvalue weighted by atomic mass is 10.1. The molecule has 2 aliphatic rings. The summed E-state index contributed by atoms with van der Waals surface area (Å²) in [5.41, 5.74) is -0.699. The number of hydrogen-bond donors (Lipinski definition) is 1. The molecule has 1 aliphatic carbocycles. The molecule has 5 rings (SSSR count). The molecule has 0 unspecified atom stereocenters. The maximum atomic E-state index is 13.3. The number of hydrogen-bond acceptors (Lipinski definition) is 3. The zero-order valence-corrected chi connectivity index (χ0v) is 17.7. The first kappa shape index (κ1) is 22.1. The first-order chi connectivity index (χ1) is 15.5. The Kier molecular flexibility index (Phi) is 5.11. The Morgan fingerprint density at radius 3 is 2.30 bits per heavy atom. The van der Waals surface area contributed by atoms with Crippen molar-refractivity contribution in [1.29, 1.82) is 0 Å². The highest BCUT2D eigenvalue weighted by Gasteiger charge is 2.55. The van der Waals surface area contributed by atoms with Crippen molar-refractivity contribution in [3.63, 3.8) is 0 Å². The van der Waals surface area contributed by atoms with Crippen LogP contribution in [0.15, 0.2) is 42.5 Å². The molecule has 176 valence electrons. The van der Waals surface area contributed by atoms with E-state index >= 15 is 0 Å². The van der Waals surface area contributed by atoms with E-state index in [-0.39, 0.29) is 12.5 Å². The Morgan fingerprint density at radius 2 is 1.67 bits per heavy atom. The summed E-state index contributed by atoms with van der Waals surface area (Å²) in [5, 5.41) is 2.66. The molecule has 10 heteroatoms. The van der Waals surface area contributed by atoms with E-state index in [1.807, 2.05) is 31.3 Å². The maximum absolute atomic E-state index is 13.3. The van der Waals surface area contributed by atoms with Gasteiger partial charge in [0.25, 0.3) is 0 Å². The number of anilines is 1. The second-order valence-electron chi connectivity index (χ2n) is 8.90. The fourth-order valence-electron chi connectivity index (χ4n) is 5.05. The van der Waals surface area contributed by atoms with E-state index in [4.69, 9.17) is 0 Å². The predicted octanol–water partition coefficient (Wildman–Crippen LogP) is 5.40. The summed E-state index contributed by atoms with van der Waals surface area (Å²) in [6, 6.07) is 9.40. The van der Waals surface area contributed by atoms with Gasteiger partial charge in [-0.05, 0) is 48.1 Å². The molecule has 1 aliphatic heterocycles. The Bertz CT molecular complexity index is 1170. The molecular weight excluding hydrogens is 446 g/mol. The average Bonchev–Trinajstić information content (AvgIpc) is 3.04. The van der Waals surface area contributed by atoms with Gasteiger partial charge in [0.2, 0.25) is 0 Å². The molecule has 3 aromatic rings. The molecule has 1 aromatic heterocycles. The van der Waals surface area contributed by atoms with E-state index < -0.39 is 29.2 Å². The Morgan fingerprint density at radius 1 is 0.970 bits per heavy atom. The van der Waals surface area contributed by atoms with Gasteiger partial charge in [0, 0.05) is 32.4 Å². The van der Waals surface area contributed by atoms with E-state index in [9.17, 15) is 26.3 Å². The van der Waals surface area contributed by atoms with Crippen LogP contribution in [0.5, 0.6) is 0 Å². The summed E-state index contributed by atoms with van der Waals surface area (Å²) >= 11 is 0. The molecule has 3 atom stereocenters. The van der Waals surface area contributed by atoms with Gasteiger partial charge in [-0.15, -0.1) is 0 Å². The Hall–Kier alpha value is -2.75. The maximum Gasteiger partial charge on any atom is 0.418 e. The van der Waals surface area contributed by atoms with Crippen LogP contribution in [0.1, 0.15) is 17.0 Å². The minimum atomic E-state index is -4.73. The number of rotatable bonds is 5. The molecule has 1 saturated heterocycles. The normalized spacial score (nSPS) is 23.2. The van der Waals surface area contributed by atoms with E-state index in [0.717, 1.165) is 29.9 Å². The van der Waals surface area contributed by atoms with Crippen LogP contribution in [-0.2, 0) is 25.9 Å². The van der Waals surface area contributed by atoms with Crippen molar-refractivity contribution >= 4 is 16.7 Å². The van der Waals surface area contributed by atoms with Gasteiger partial charge in [-0.3, -0.25) is 4.90 Å². The standard InChI is InChI=1S/C23H22F6N4/c1-32-20-5-3-2-4-18(20)31-21(32)12-33-10-15-14(16(15)11-33)9-30-19-8-13(22(24,25)26)6-7-17(19)23(27,28)29/h2-8,14-16,30H,9-12H2,1H3/t14-,15-,16+. The summed E-state index contributed by atoms with van der Waals surface area (Å²) in [6.45, 7) is 2.51. The molecule has 1 saturated carbocycles. The van der Waals surface area contributed by atoms with Crippen LogP contribution in [0, 0.1) is 17.8 Å². The van der Waals surface area contributed by atoms with E-state index in [1.54, 1.807) is 0 Å². The van der Waals surface area contributed by atoms with Crippen molar-refractivity contribution in [3.05, 3.63) is 59.4 Å². The SMILES string of the molecule is Cn1c(CN2C[C@@H]3[C@@H](CNc4cc(C(F)(F)F)ccc4C(F)(F)F)[C@@H]3C2)nc2ccccc21. The lowest BCUT2D eigenvalue weighted by molar-refractivity contribution is -0.140. The van der Waals surface area contributed by atoms with Crippen LogP contribution < -0.4 is 5.32 Å². The smallest absolute Gasteiger partial charge is 0.384 e. The lowest BCUT2D eigenvalue weighted by Crippen LogP contribution is -2.27. The van der Waals surface area contributed by atoms with E-state index in [2.05, 4.69) is 19.8 Å². The number of likely N-dealkylation sites (tertiary alicyclic amines) is 1. The van der Waals surface area contributed by atoms with Crippen LogP contribution >= 0.6 is 0 Å². The minimum absolute atomic E-state index is 0.150. The fraction of sp³-hybridized carbons (Fsp3) is 0.435. The number of benzene rings is 2. The summed E-state index contributed by atoms with van der Waals surface area (Å²) in [7, 11) is 1.97. The molecule has 2 fully saturated rings. The monoisotopic (exact) mass is 468 g/mol. The van der Waals surface area contributed by atoms with Crippen LogP contribution in [0.25, 0.3) is 11.0 Å². The van der Waals surface area contributed by atoms with Gasteiger partial charge in [-0.1, -0.05) is 12.1 Å². The fourth-order valence-corrected chi connectivity index (χ4v) is 5.05. The molecule has 1 N–H and O–H groups in total. The van der Waals surface area contributed by atoms with Crippen LogP contribution in [-0.4, -0.2) is 34.1 Å². The van der Waals surface area contributed by atoms with Gasteiger partial charge in [-0.2, -0.15) is 26.3 Å². The van der Waals surface area contributed by atoms with Crippen molar-refractivity contribution in [2.45, 2.75) is 18.9 Å². The lowest BCUT2D eigenvalue weighted by Gasteiger charge is -2.20. The van der Waals surface area contributed by atoms with Gasteiger partial charge < -0.3 is 9.88 Å². The highest BCUT2D eigenvalue weighted by Crippen LogP contribution is 2.52. The number of alkyl halides is 6. The van der Waals surface area contributed by atoms with Crippen molar-refractivity contribution in [2.75, 3.05) is 25.0 Å². The van der Waals surface area contributed by atoms with Crippen molar-refractivity contribution in [3.8, 4) is 0 Å². The van der Waals surface area contributed by atoms with Crippen LogP contribution in [0.2, 0.25) is 0 Å². The highest BCUT2D eigenvalue weighted by molar-refractivity contribution is 5.75. The molecular formula is C23H22F6N4.